The van der Waals surface area contributed by atoms with Gasteiger partial charge in [0.25, 0.3) is 0 Å². The monoisotopic (exact) mass is 274 g/mol. The number of esters is 1. The van der Waals surface area contributed by atoms with Crippen LogP contribution < -0.4 is 0 Å². The van der Waals surface area contributed by atoms with Crippen molar-refractivity contribution in [1.29, 1.82) is 0 Å². The SMILES string of the molecule is C=CC(=O)OC(C)(C)C[Si](C)(C)O[Si](C)(C)C. The predicted molar refractivity (Wildman–Crippen MR) is 77.1 cm³/mol. The Labute approximate surface area is 107 Å². The van der Waals surface area contributed by atoms with Crippen LogP contribution in [-0.4, -0.2) is 28.2 Å². The smallest absolute Gasteiger partial charge is 0.330 e. The van der Waals surface area contributed by atoms with Crippen LogP contribution in [0.3, 0.4) is 0 Å². The average molecular weight is 275 g/mol. The molecule has 0 aromatic heterocycles. The molecule has 0 radical (unpaired) electrons. The summed E-state index contributed by atoms with van der Waals surface area (Å²) in [5.74, 6) is -0.368. The molecule has 17 heavy (non-hydrogen) atoms. The molecule has 0 N–H and O–H groups in total. The Morgan fingerprint density at radius 1 is 1.24 bits per heavy atom. The first kappa shape index (κ1) is 16.6. The predicted octanol–water partition coefficient (Wildman–Crippen LogP) is 3.55. The first-order valence-electron chi connectivity index (χ1n) is 5.92. The Morgan fingerprint density at radius 3 is 2.06 bits per heavy atom. The minimum Gasteiger partial charge on any atom is -0.457 e. The zero-order chi connectivity index (χ0) is 13.9. The summed E-state index contributed by atoms with van der Waals surface area (Å²) in [4.78, 5) is 11.2. The van der Waals surface area contributed by atoms with Gasteiger partial charge in [0.05, 0.1) is 0 Å². The Balaban J connectivity index is 4.58. The molecule has 0 rings (SSSR count). The summed E-state index contributed by atoms with van der Waals surface area (Å²) in [5, 5.41) is 0. The van der Waals surface area contributed by atoms with Crippen LogP contribution in [0.25, 0.3) is 0 Å². The van der Waals surface area contributed by atoms with Gasteiger partial charge in [-0.1, -0.05) is 6.58 Å². The maximum Gasteiger partial charge on any atom is 0.330 e. The lowest BCUT2D eigenvalue weighted by atomic mass is 10.2. The maximum absolute atomic E-state index is 11.2. The molecule has 0 bridgehead atoms. The minimum atomic E-state index is -1.80. The molecule has 0 aromatic rings. The quantitative estimate of drug-likeness (QED) is 0.422. The third kappa shape index (κ3) is 8.34. The molecular formula is C12H26O3Si2. The molecule has 5 heteroatoms. The standard InChI is InChI=1S/C12H26O3Si2/c1-9-11(13)14-12(2,3)10-17(7,8)15-16(4,5)6/h9H,1,10H2,2-8H3. The topological polar surface area (TPSA) is 35.5 Å². The Kier molecular flexibility index (Phi) is 5.37. The number of carbonyl (C=O) groups excluding carboxylic acids is 1. The fourth-order valence-corrected chi connectivity index (χ4v) is 11.3. The summed E-state index contributed by atoms with van der Waals surface area (Å²) < 4.78 is 11.6. The molecule has 0 spiro atoms. The summed E-state index contributed by atoms with van der Waals surface area (Å²) in [6, 6.07) is 0.795. The van der Waals surface area contributed by atoms with E-state index < -0.39 is 22.2 Å². The Morgan fingerprint density at radius 2 is 1.71 bits per heavy atom. The highest BCUT2D eigenvalue weighted by atomic mass is 28.4. The van der Waals surface area contributed by atoms with E-state index in [0.717, 1.165) is 6.04 Å². The van der Waals surface area contributed by atoms with E-state index in [4.69, 9.17) is 8.85 Å². The highest BCUT2D eigenvalue weighted by Crippen LogP contribution is 2.27. The lowest BCUT2D eigenvalue weighted by Gasteiger charge is -2.37. The number of hydrogen-bond donors (Lipinski definition) is 0. The molecule has 0 heterocycles. The number of ether oxygens (including phenoxy) is 1. The van der Waals surface area contributed by atoms with E-state index in [1.54, 1.807) is 0 Å². The van der Waals surface area contributed by atoms with Crippen LogP contribution in [0, 0.1) is 0 Å². The van der Waals surface area contributed by atoms with Crippen molar-refractivity contribution in [2.45, 2.75) is 58.2 Å². The summed E-state index contributed by atoms with van der Waals surface area (Å²) in [7, 11) is -3.34. The van der Waals surface area contributed by atoms with Crippen LogP contribution in [0.1, 0.15) is 13.8 Å². The van der Waals surface area contributed by atoms with E-state index in [9.17, 15) is 4.79 Å². The second kappa shape index (κ2) is 5.50. The highest BCUT2D eigenvalue weighted by molar-refractivity contribution is 6.84. The van der Waals surface area contributed by atoms with Crippen LogP contribution in [0.5, 0.6) is 0 Å². The van der Waals surface area contributed by atoms with Gasteiger partial charge in [-0.05, 0) is 46.6 Å². The second-order valence-corrected chi connectivity index (χ2v) is 15.4. The second-order valence-electron chi connectivity index (χ2n) is 6.54. The maximum atomic E-state index is 11.2. The third-order valence-corrected chi connectivity index (χ3v) is 8.34. The van der Waals surface area contributed by atoms with E-state index in [-0.39, 0.29) is 5.97 Å². The van der Waals surface area contributed by atoms with Gasteiger partial charge in [0.15, 0.2) is 16.6 Å². The van der Waals surface area contributed by atoms with E-state index in [0.29, 0.717) is 0 Å². The molecule has 0 aliphatic rings. The molecule has 0 fully saturated rings. The van der Waals surface area contributed by atoms with Gasteiger partial charge in [0, 0.05) is 12.1 Å². The third-order valence-electron chi connectivity index (χ3n) is 1.98. The molecule has 0 unspecified atom stereocenters. The van der Waals surface area contributed by atoms with E-state index in [1.165, 1.54) is 6.08 Å². The molecule has 0 aromatic carbocycles. The molecule has 0 aliphatic carbocycles. The summed E-state index contributed by atoms with van der Waals surface area (Å²) in [6.45, 7) is 18.2. The molecule has 0 saturated heterocycles. The summed E-state index contributed by atoms with van der Waals surface area (Å²) >= 11 is 0. The molecule has 0 saturated carbocycles. The zero-order valence-electron chi connectivity index (χ0n) is 12.2. The Bertz CT molecular complexity index is 291. The van der Waals surface area contributed by atoms with E-state index >= 15 is 0 Å². The van der Waals surface area contributed by atoms with Crippen LogP contribution in [-0.2, 0) is 13.6 Å². The van der Waals surface area contributed by atoms with Crippen LogP contribution in [0.2, 0.25) is 38.8 Å². The average Bonchev–Trinajstić information content (AvgIpc) is 1.94. The number of hydrogen-bond acceptors (Lipinski definition) is 3. The zero-order valence-corrected chi connectivity index (χ0v) is 14.2. The molecule has 0 amide bonds. The molecule has 0 aliphatic heterocycles. The van der Waals surface area contributed by atoms with E-state index in [2.05, 4.69) is 39.3 Å². The van der Waals surface area contributed by atoms with Gasteiger partial charge >= 0.3 is 5.97 Å². The molecular weight excluding hydrogens is 248 g/mol. The van der Waals surface area contributed by atoms with Gasteiger partial charge in [-0.3, -0.25) is 0 Å². The van der Waals surface area contributed by atoms with Crippen molar-refractivity contribution in [3.8, 4) is 0 Å². The van der Waals surface area contributed by atoms with E-state index in [1.807, 2.05) is 13.8 Å². The van der Waals surface area contributed by atoms with Crippen molar-refractivity contribution in [2.75, 3.05) is 0 Å². The van der Waals surface area contributed by atoms with Gasteiger partial charge in [-0.15, -0.1) is 0 Å². The van der Waals surface area contributed by atoms with Crippen molar-refractivity contribution in [3.63, 3.8) is 0 Å². The normalized spacial score (nSPS) is 13.4. The van der Waals surface area contributed by atoms with Crippen LogP contribution in [0.4, 0.5) is 0 Å². The van der Waals surface area contributed by atoms with Crippen molar-refractivity contribution >= 4 is 22.6 Å². The molecule has 3 nitrogen and oxygen atoms in total. The van der Waals surface area contributed by atoms with Crippen LogP contribution >= 0.6 is 0 Å². The Hall–Kier alpha value is -0.396. The highest BCUT2D eigenvalue weighted by Gasteiger charge is 2.37. The van der Waals surface area contributed by atoms with Crippen LogP contribution in [0.15, 0.2) is 12.7 Å². The molecule has 0 atom stereocenters. The fourth-order valence-electron chi connectivity index (χ4n) is 2.24. The van der Waals surface area contributed by atoms with Crippen molar-refractivity contribution in [3.05, 3.63) is 12.7 Å². The fraction of sp³-hybridized carbons (Fsp3) is 0.750. The lowest BCUT2D eigenvalue weighted by molar-refractivity contribution is -0.148. The molecule has 100 valence electrons. The summed E-state index contributed by atoms with van der Waals surface area (Å²) in [6.07, 6.45) is 1.20. The first-order valence-corrected chi connectivity index (χ1v) is 12.4. The number of carbonyl (C=O) groups is 1. The summed E-state index contributed by atoms with van der Waals surface area (Å²) in [5.41, 5.74) is -0.485. The first-order chi connectivity index (χ1) is 7.37. The van der Waals surface area contributed by atoms with Crippen molar-refractivity contribution in [2.24, 2.45) is 0 Å². The largest absolute Gasteiger partial charge is 0.457 e. The minimum absolute atomic E-state index is 0.368. The van der Waals surface area contributed by atoms with Gasteiger partial charge < -0.3 is 8.85 Å². The van der Waals surface area contributed by atoms with Gasteiger partial charge in [-0.2, -0.15) is 0 Å². The lowest BCUT2D eigenvalue weighted by Crippen LogP contribution is -2.47. The van der Waals surface area contributed by atoms with Gasteiger partial charge in [-0.25, -0.2) is 4.79 Å². The van der Waals surface area contributed by atoms with Crippen molar-refractivity contribution in [1.82, 2.24) is 0 Å². The van der Waals surface area contributed by atoms with Gasteiger partial charge in [0.2, 0.25) is 0 Å². The van der Waals surface area contributed by atoms with Crippen molar-refractivity contribution < 1.29 is 13.6 Å². The van der Waals surface area contributed by atoms with Gasteiger partial charge in [0.1, 0.15) is 5.60 Å². The number of rotatable bonds is 6.